The van der Waals surface area contributed by atoms with Gasteiger partial charge in [0.1, 0.15) is 7.05 Å². The Balaban J connectivity index is 3.44. The van der Waals surface area contributed by atoms with Gasteiger partial charge in [0.15, 0.2) is 7.05 Å². The predicted octanol–water partition coefficient (Wildman–Crippen LogP) is -0.709. The fourth-order valence-corrected chi connectivity index (χ4v) is 1.10. The van der Waals surface area contributed by atoms with E-state index in [1.165, 1.54) is 11.6 Å². The van der Waals surface area contributed by atoms with Crippen molar-refractivity contribution in [1.82, 2.24) is 4.68 Å². The van der Waals surface area contributed by atoms with Gasteiger partial charge in [-0.3, -0.25) is 0 Å². The van der Waals surface area contributed by atoms with Crippen molar-refractivity contribution in [1.29, 1.82) is 0 Å². The molecular formula is C7H15N3+2. The van der Waals surface area contributed by atoms with Crippen LogP contribution in [0.2, 0.25) is 0 Å². The Morgan fingerprint density at radius 3 is 1.80 bits per heavy atom. The van der Waals surface area contributed by atoms with E-state index in [4.69, 9.17) is 0 Å². The maximum Gasteiger partial charge on any atom is 0.439 e. The first-order valence-electron chi connectivity index (χ1n) is 3.44. The third-order valence-corrected chi connectivity index (χ3v) is 2.36. The molecule has 0 aliphatic carbocycles. The summed E-state index contributed by atoms with van der Waals surface area (Å²) < 4.78 is 6.41. The molecule has 1 aromatic heterocycles. The minimum absolute atomic E-state index is 1.26. The van der Waals surface area contributed by atoms with E-state index >= 15 is 0 Å². The van der Waals surface area contributed by atoms with E-state index in [1.807, 2.05) is 0 Å². The third-order valence-electron chi connectivity index (χ3n) is 2.36. The van der Waals surface area contributed by atoms with Crippen LogP contribution in [0.4, 0.5) is 0 Å². The normalized spacial score (nSPS) is 10.5. The molecule has 1 rings (SSSR count). The predicted molar refractivity (Wildman–Crippen MR) is 37.2 cm³/mol. The molecular weight excluding hydrogens is 126 g/mol. The average molecular weight is 141 g/mol. The summed E-state index contributed by atoms with van der Waals surface area (Å²) in [6.07, 6.45) is 0. The van der Waals surface area contributed by atoms with Crippen molar-refractivity contribution in [3.8, 4) is 0 Å². The molecule has 0 spiro atoms. The highest BCUT2D eigenvalue weighted by atomic mass is 15.5. The minimum Gasteiger partial charge on any atom is -0.126 e. The second-order valence-electron chi connectivity index (χ2n) is 2.70. The van der Waals surface area contributed by atoms with Crippen LogP contribution in [0.5, 0.6) is 0 Å². The summed E-state index contributed by atoms with van der Waals surface area (Å²) in [6.45, 7) is 4.21. The summed E-state index contributed by atoms with van der Waals surface area (Å²) in [5.74, 6) is 2.53. The van der Waals surface area contributed by atoms with Crippen molar-refractivity contribution in [3.05, 3.63) is 11.6 Å². The van der Waals surface area contributed by atoms with Crippen molar-refractivity contribution in [2.75, 3.05) is 0 Å². The van der Waals surface area contributed by atoms with Gasteiger partial charge in [-0.25, -0.2) is 0 Å². The largest absolute Gasteiger partial charge is 0.439 e. The van der Waals surface area contributed by atoms with E-state index in [9.17, 15) is 0 Å². The van der Waals surface area contributed by atoms with Crippen molar-refractivity contribution >= 4 is 0 Å². The highest BCUT2D eigenvalue weighted by Crippen LogP contribution is 1.84. The highest BCUT2D eigenvalue weighted by molar-refractivity contribution is 4.65. The van der Waals surface area contributed by atoms with Gasteiger partial charge in [0, 0.05) is 6.92 Å². The number of nitrogens with zero attached hydrogens (tertiary/aromatic N) is 3. The molecule has 0 aromatic carbocycles. The van der Waals surface area contributed by atoms with Gasteiger partial charge in [-0.15, -0.1) is 4.57 Å². The van der Waals surface area contributed by atoms with Gasteiger partial charge in [0.05, 0.1) is 14.0 Å². The summed E-state index contributed by atoms with van der Waals surface area (Å²) in [7, 11) is 6.19. The van der Waals surface area contributed by atoms with Gasteiger partial charge in [0.25, 0.3) is 0 Å². The van der Waals surface area contributed by atoms with Crippen LogP contribution in [-0.2, 0) is 21.1 Å². The molecule has 0 saturated heterocycles. The zero-order valence-corrected chi connectivity index (χ0v) is 7.34. The van der Waals surface area contributed by atoms with Crippen molar-refractivity contribution in [2.24, 2.45) is 21.1 Å². The molecule has 0 unspecified atom stereocenters. The van der Waals surface area contributed by atoms with Gasteiger partial charge >= 0.3 is 11.6 Å². The van der Waals surface area contributed by atoms with E-state index in [0.29, 0.717) is 0 Å². The molecule has 0 aliphatic rings. The maximum absolute atomic E-state index is 2.17. The average Bonchev–Trinajstić information content (AvgIpc) is 2.07. The van der Waals surface area contributed by atoms with Gasteiger partial charge in [0.2, 0.25) is 0 Å². The number of rotatable bonds is 0. The number of hydrogen-bond donors (Lipinski definition) is 0. The zero-order valence-electron chi connectivity index (χ0n) is 7.34. The third kappa shape index (κ3) is 0.735. The molecule has 0 amide bonds. The topological polar surface area (TPSA) is 12.7 Å². The van der Waals surface area contributed by atoms with Gasteiger partial charge in [-0.05, 0) is 0 Å². The maximum atomic E-state index is 2.17. The summed E-state index contributed by atoms with van der Waals surface area (Å²) >= 11 is 0. The number of aromatic nitrogens is 3. The molecule has 0 aliphatic heterocycles. The van der Waals surface area contributed by atoms with Crippen LogP contribution >= 0.6 is 0 Å². The van der Waals surface area contributed by atoms with Crippen molar-refractivity contribution < 1.29 is 9.25 Å². The molecule has 10 heavy (non-hydrogen) atoms. The summed E-state index contributed by atoms with van der Waals surface area (Å²) in [6, 6.07) is 0. The van der Waals surface area contributed by atoms with Crippen LogP contribution in [-0.4, -0.2) is 4.68 Å². The fourth-order valence-electron chi connectivity index (χ4n) is 1.10. The molecule has 3 nitrogen and oxygen atoms in total. The molecule has 0 bridgehead atoms. The van der Waals surface area contributed by atoms with Crippen LogP contribution in [0, 0.1) is 13.8 Å². The second-order valence-corrected chi connectivity index (χ2v) is 2.70. The lowest BCUT2D eigenvalue weighted by Crippen LogP contribution is -2.43. The van der Waals surface area contributed by atoms with Gasteiger partial charge < -0.3 is 0 Å². The van der Waals surface area contributed by atoms with Crippen molar-refractivity contribution in [2.45, 2.75) is 13.8 Å². The van der Waals surface area contributed by atoms with Crippen LogP contribution in [0.1, 0.15) is 11.6 Å². The Morgan fingerprint density at radius 2 is 1.70 bits per heavy atom. The molecule has 56 valence electrons. The van der Waals surface area contributed by atoms with Crippen LogP contribution in [0.3, 0.4) is 0 Å². The molecule has 3 heteroatoms. The highest BCUT2D eigenvalue weighted by Gasteiger charge is 2.23. The fraction of sp³-hybridized carbons (Fsp3) is 0.714. The van der Waals surface area contributed by atoms with Crippen LogP contribution in [0.15, 0.2) is 0 Å². The van der Waals surface area contributed by atoms with Crippen molar-refractivity contribution in [3.63, 3.8) is 0 Å². The molecule has 0 saturated carbocycles. The molecule has 0 fully saturated rings. The Labute approximate surface area is 61.5 Å². The monoisotopic (exact) mass is 141 g/mol. The Hall–Kier alpha value is -0.860. The van der Waals surface area contributed by atoms with Gasteiger partial charge in [-0.1, -0.05) is 9.36 Å². The Kier molecular flexibility index (Phi) is 1.50. The quantitative estimate of drug-likeness (QED) is 0.423. The molecule has 1 heterocycles. The first-order chi connectivity index (χ1) is 4.55. The summed E-state index contributed by atoms with van der Waals surface area (Å²) in [5, 5.41) is 0. The zero-order chi connectivity index (χ0) is 7.89. The first-order valence-corrected chi connectivity index (χ1v) is 3.44. The van der Waals surface area contributed by atoms with Crippen LogP contribution < -0.4 is 9.25 Å². The lowest BCUT2D eigenvalue weighted by molar-refractivity contribution is -0.815. The van der Waals surface area contributed by atoms with Crippen LogP contribution in [0.25, 0.3) is 0 Å². The molecule has 0 N–H and O–H groups in total. The molecule has 1 aromatic rings. The van der Waals surface area contributed by atoms with E-state index < -0.39 is 0 Å². The SMILES string of the molecule is Cc1n(C)[n+](C)c(C)[n+]1C. The van der Waals surface area contributed by atoms with E-state index in [2.05, 4.69) is 48.9 Å². The molecule has 0 atom stereocenters. The minimum atomic E-state index is 1.26. The van der Waals surface area contributed by atoms with E-state index in [-0.39, 0.29) is 0 Å². The second kappa shape index (κ2) is 2.08. The lowest BCUT2D eigenvalue weighted by atomic mass is 10.6. The summed E-state index contributed by atoms with van der Waals surface area (Å²) in [5.41, 5.74) is 0. The standard InChI is InChI=1S/C7H15N3/c1-6-8(3)7(2)10(5)9(6)4/h1-5H3/q+2. The van der Waals surface area contributed by atoms with Gasteiger partial charge in [-0.2, -0.15) is 0 Å². The Bertz CT molecular complexity index is 180. The smallest absolute Gasteiger partial charge is 0.126 e. The van der Waals surface area contributed by atoms with E-state index in [0.717, 1.165) is 0 Å². The first kappa shape index (κ1) is 7.25. The molecule has 0 radical (unpaired) electrons. The lowest BCUT2D eigenvalue weighted by Gasteiger charge is -1.82. The Morgan fingerprint density at radius 1 is 1.20 bits per heavy atom. The number of hydrogen-bond acceptors (Lipinski definition) is 0. The summed E-state index contributed by atoms with van der Waals surface area (Å²) in [4.78, 5) is 0. The van der Waals surface area contributed by atoms with E-state index in [1.54, 1.807) is 0 Å².